The van der Waals surface area contributed by atoms with Gasteiger partial charge in [0.15, 0.2) is 0 Å². The Balaban J connectivity index is 2.38. The molecule has 0 fully saturated rings. The van der Waals surface area contributed by atoms with E-state index >= 15 is 0 Å². The molecule has 6 nitrogen and oxygen atoms in total. The molecule has 94 valence electrons. The maximum atomic E-state index is 10.9. The third kappa shape index (κ3) is 3.05. The van der Waals surface area contributed by atoms with E-state index in [1.807, 2.05) is 6.07 Å². The highest BCUT2D eigenvalue weighted by Gasteiger charge is 2.18. The number of benzene rings is 1. The molecule has 0 bridgehead atoms. The summed E-state index contributed by atoms with van der Waals surface area (Å²) >= 11 is 3.11. The molecule has 0 saturated heterocycles. The zero-order valence-electron chi connectivity index (χ0n) is 9.41. The molecule has 1 aromatic heterocycles. The van der Waals surface area contributed by atoms with E-state index in [2.05, 4.69) is 20.9 Å². The molecule has 0 saturated carbocycles. The van der Waals surface area contributed by atoms with Crippen LogP contribution in [0.1, 0.15) is 5.56 Å². The van der Waals surface area contributed by atoms with Crippen LogP contribution in [0.25, 0.3) is 0 Å². The van der Waals surface area contributed by atoms with E-state index in [1.54, 1.807) is 18.2 Å². The van der Waals surface area contributed by atoms with Gasteiger partial charge in [0, 0.05) is 16.7 Å². The average molecular weight is 320 g/mol. The molecular formula is C12H6BrN3O3. The standard InChI is InChI=1S/C12H6BrN3O3/c13-9-5-11(16(17)18)12(15-7-9)19-10-3-1-2-8(4-10)6-14/h1-5,7H. The number of hydrogen-bond donors (Lipinski definition) is 0. The van der Waals surface area contributed by atoms with Crippen LogP contribution in [0.5, 0.6) is 11.6 Å². The summed E-state index contributed by atoms with van der Waals surface area (Å²) in [6.45, 7) is 0. The Morgan fingerprint density at radius 1 is 1.42 bits per heavy atom. The van der Waals surface area contributed by atoms with Crippen molar-refractivity contribution in [1.82, 2.24) is 4.98 Å². The molecule has 0 spiro atoms. The predicted molar refractivity (Wildman–Crippen MR) is 69.8 cm³/mol. The molecule has 1 heterocycles. The molecule has 0 N–H and O–H groups in total. The van der Waals surface area contributed by atoms with Crippen molar-refractivity contribution in [2.45, 2.75) is 0 Å². The van der Waals surface area contributed by atoms with Crippen LogP contribution in [0.15, 0.2) is 41.0 Å². The third-order valence-corrected chi connectivity index (χ3v) is 2.61. The fourth-order valence-electron chi connectivity index (χ4n) is 1.37. The second-order valence-corrected chi connectivity index (χ2v) is 4.39. The van der Waals surface area contributed by atoms with Crippen molar-refractivity contribution in [2.75, 3.05) is 0 Å². The molecule has 0 aliphatic heterocycles. The Morgan fingerprint density at radius 3 is 2.89 bits per heavy atom. The van der Waals surface area contributed by atoms with Crippen molar-refractivity contribution < 1.29 is 9.66 Å². The summed E-state index contributed by atoms with van der Waals surface area (Å²) in [5, 5.41) is 19.7. The Labute approximate surface area is 116 Å². The fraction of sp³-hybridized carbons (Fsp3) is 0. The van der Waals surface area contributed by atoms with Gasteiger partial charge in [0.25, 0.3) is 5.88 Å². The van der Waals surface area contributed by atoms with Crippen molar-refractivity contribution in [1.29, 1.82) is 5.26 Å². The lowest BCUT2D eigenvalue weighted by Gasteiger charge is -2.05. The van der Waals surface area contributed by atoms with E-state index < -0.39 is 4.92 Å². The lowest BCUT2D eigenvalue weighted by atomic mass is 10.2. The molecule has 1 aromatic carbocycles. The Morgan fingerprint density at radius 2 is 2.21 bits per heavy atom. The largest absolute Gasteiger partial charge is 0.434 e. The minimum Gasteiger partial charge on any atom is -0.434 e. The molecule has 0 atom stereocenters. The zero-order valence-corrected chi connectivity index (χ0v) is 11.0. The van der Waals surface area contributed by atoms with E-state index in [9.17, 15) is 10.1 Å². The van der Waals surface area contributed by atoms with Crippen LogP contribution in [0, 0.1) is 21.4 Å². The van der Waals surface area contributed by atoms with Crippen molar-refractivity contribution >= 4 is 21.6 Å². The summed E-state index contributed by atoms with van der Waals surface area (Å²) < 4.78 is 5.83. The first-order valence-electron chi connectivity index (χ1n) is 5.08. The molecule has 2 aromatic rings. The van der Waals surface area contributed by atoms with E-state index in [4.69, 9.17) is 10.00 Å². The molecule has 7 heteroatoms. The third-order valence-electron chi connectivity index (χ3n) is 2.17. The number of halogens is 1. The van der Waals surface area contributed by atoms with Crippen LogP contribution in [0.2, 0.25) is 0 Å². The highest BCUT2D eigenvalue weighted by Crippen LogP contribution is 2.31. The number of nitro groups is 1. The van der Waals surface area contributed by atoms with Gasteiger partial charge in [-0.1, -0.05) is 6.07 Å². The number of aromatic nitrogens is 1. The highest BCUT2D eigenvalue weighted by atomic mass is 79.9. The van der Waals surface area contributed by atoms with Crippen molar-refractivity contribution in [3.05, 3.63) is 56.7 Å². The van der Waals surface area contributed by atoms with Gasteiger partial charge in [-0.3, -0.25) is 10.1 Å². The van der Waals surface area contributed by atoms with Gasteiger partial charge < -0.3 is 4.74 Å². The second kappa shape index (κ2) is 5.46. The van der Waals surface area contributed by atoms with Crippen molar-refractivity contribution in [3.8, 4) is 17.7 Å². The van der Waals surface area contributed by atoms with E-state index in [0.29, 0.717) is 15.8 Å². The van der Waals surface area contributed by atoms with Gasteiger partial charge in [0.1, 0.15) is 5.75 Å². The first-order valence-corrected chi connectivity index (χ1v) is 5.87. The second-order valence-electron chi connectivity index (χ2n) is 3.48. The van der Waals surface area contributed by atoms with Gasteiger partial charge in [-0.15, -0.1) is 0 Å². The molecule has 0 unspecified atom stereocenters. The molecule has 0 radical (unpaired) electrons. The Bertz CT molecular complexity index is 682. The maximum absolute atomic E-state index is 10.9. The Kier molecular flexibility index (Phi) is 3.73. The Hall–Kier alpha value is -2.46. The van der Waals surface area contributed by atoms with E-state index in [0.717, 1.165) is 0 Å². The lowest BCUT2D eigenvalue weighted by Crippen LogP contribution is -1.96. The summed E-state index contributed by atoms with van der Waals surface area (Å²) in [7, 11) is 0. The van der Waals surface area contributed by atoms with Crippen LogP contribution >= 0.6 is 15.9 Å². The molecular weight excluding hydrogens is 314 g/mol. The van der Waals surface area contributed by atoms with Crippen LogP contribution in [-0.4, -0.2) is 9.91 Å². The summed E-state index contributed by atoms with van der Waals surface area (Å²) in [6, 6.07) is 9.56. The monoisotopic (exact) mass is 319 g/mol. The molecule has 0 aliphatic rings. The summed E-state index contributed by atoms with van der Waals surface area (Å²) in [6.07, 6.45) is 1.40. The van der Waals surface area contributed by atoms with E-state index in [-0.39, 0.29) is 11.6 Å². The number of hydrogen-bond acceptors (Lipinski definition) is 5. The van der Waals surface area contributed by atoms with Gasteiger partial charge >= 0.3 is 5.69 Å². The average Bonchev–Trinajstić information content (AvgIpc) is 2.41. The first kappa shape index (κ1) is 13.0. The van der Waals surface area contributed by atoms with E-state index in [1.165, 1.54) is 18.3 Å². The predicted octanol–water partition coefficient (Wildman–Crippen LogP) is 3.42. The fourth-order valence-corrected chi connectivity index (χ4v) is 1.69. The minimum atomic E-state index is -0.582. The summed E-state index contributed by atoms with van der Waals surface area (Å²) in [5.41, 5.74) is 0.147. The highest BCUT2D eigenvalue weighted by molar-refractivity contribution is 9.10. The molecule has 2 rings (SSSR count). The zero-order chi connectivity index (χ0) is 13.8. The smallest absolute Gasteiger partial charge is 0.332 e. The topological polar surface area (TPSA) is 89.0 Å². The minimum absolute atomic E-state index is 0.122. The van der Waals surface area contributed by atoms with Crippen LogP contribution in [0.4, 0.5) is 5.69 Å². The van der Waals surface area contributed by atoms with Gasteiger partial charge in [-0.25, -0.2) is 4.98 Å². The van der Waals surface area contributed by atoms with Crippen LogP contribution in [0.3, 0.4) is 0 Å². The molecule has 19 heavy (non-hydrogen) atoms. The number of ether oxygens (including phenoxy) is 1. The lowest BCUT2D eigenvalue weighted by molar-refractivity contribution is -0.386. The van der Waals surface area contributed by atoms with Gasteiger partial charge in [-0.05, 0) is 34.1 Å². The normalized spacial score (nSPS) is 9.68. The van der Waals surface area contributed by atoms with Crippen LogP contribution in [-0.2, 0) is 0 Å². The summed E-state index contributed by atoms with van der Waals surface area (Å²) in [5.74, 6) is 0.195. The number of rotatable bonds is 3. The first-order chi connectivity index (χ1) is 9.10. The molecule has 0 aliphatic carbocycles. The van der Waals surface area contributed by atoms with Crippen molar-refractivity contribution in [3.63, 3.8) is 0 Å². The summed E-state index contributed by atoms with van der Waals surface area (Å²) in [4.78, 5) is 14.2. The maximum Gasteiger partial charge on any atom is 0.332 e. The van der Waals surface area contributed by atoms with Gasteiger partial charge in [0.2, 0.25) is 0 Å². The van der Waals surface area contributed by atoms with Gasteiger partial charge in [0.05, 0.1) is 16.6 Å². The van der Waals surface area contributed by atoms with Crippen LogP contribution < -0.4 is 4.74 Å². The number of nitrogens with zero attached hydrogens (tertiary/aromatic N) is 3. The number of nitriles is 1. The van der Waals surface area contributed by atoms with Crippen molar-refractivity contribution in [2.24, 2.45) is 0 Å². The molecule has 0 amide bonds. The number of pyridine rings is 1. The van der Waals surface area contributed by atoms with Gasteiger partial charge in [-0.2, -0.15) is 5.26 Å². The SMILES string of the molecule is N#Cc1cccc(Oc2ncc(Br)cc2[N+](=O)[O-])c1. The quantitative estimate of drug-likeness (QED) is 0.638.